The van der Waals surface area contributed by atoms with E-state index in [9.17, 15) is 9.59 Å². The monoisotopic (exact) mass is 304 g/mol. The zero-order valence-corrected chi connectivity index (χ0v) is 13.4. The van der Waals surface area contributed by atoms with Crippen LogP contribution in [0.3, 0.4) is 0 Å². The molecule has 0 radical (unpaired) electrons. The lowest BCUT2D eigenvalue weighted by molar-refractivity contribution is -0.133. The molecule has 0 amide bonds. The summed E-state index contributed by atoms with van der Waals surface area (Å²) in [6, 6.07) is 0. The highest BCUT2D eigenvalue weighted by Gasteiger charge is 1.96. The number of aliphatic carboxylic acids is 2. The van der Waals surface area contributed by atoms with Crippen LogP contribution in [0.15, 0.2) is 35.4 Å². The summed E-state index contributed by atoms with van der Waals surface area (Å²) in [5.41, 5.74) is 2.06. The maximum atomic E-state index is 10.2. The molecule has 0 aromatic rings. The lowest BCUT2D eigenvalue weighted by Crippen LogP contribution is -1.95. The largest absolute Gasteiger partial charge is 0.478 e. The Morgan fingerprint density at radius 3 is 1.75 bits per heavy atom. The molecule has 0 aliphatic heterocycles. The summed E-state index contributed by atoms with van der Waals surface area (Å²) in [5.74, 6) is -1.65. The van der Waals surface area contributed by atoms with Crippen molar-refractivity contribution in [2.45, 2.75) is 47.0 Å². The number of carboxylic acids is 2. The molecule has 0 spiro atoms. The quantitative estimate of drug-likeness (QED) is 0.574. The fraction of sp³-hybridized carbons (Fsp3) is 0.467. The van der Waals surface area contributed by atoms with Gasteiger partial charge in [0, 0.05) is 11.1 Å². The SMILES string of the molecule is C=CCl.CC=C(C)C(=O)O.CCCCC=C(C)C(=O)O. The fourth-order valence-electron chi connectivity index (χ4n) is 0.733. The lowest BCUT2D eigenvalue weighted by Gasteiger charge is -1.91. The van der Waals surface area contributed by atoms with Crippen LogP contribution in [0.5, 0.6) is 0 Å². The van der Waals surface area contributed by atoms with Gasteiger partial charge < -0.3 is 10.2 Å². The van der Waals surface area contributed by atoms with Gasteiger partial charge in [0.15, 0.2) is 0 Å². The van der Waals surface area contributed by atoms with Crippen molar-refractivity contribution in [3.05, 3.63) is 35.4 Å². The summed E-state index contributed by atoms with van der Waals surface area (Å²) >= 11 is 4.76. The molecular formula is C15H25ClO4. The minimum Gasteiger partial charge on any atom is -0.478 e. The summed E-state index contributed by atoms with van der Waals surface area (Å²) in [4.78, 5) is 20.1. The predicted molar refractivity (Wildman–Crippen MR) is 84.0 cm³/mol. The number of halogens is 1. The van der Waals surface area contributed by atoms with Gasteiger partial charge in [-0.3, -0.25) is 0 Å². The zero-order valence-electron chi connectivity index (χ0n) is 12.6. The van der Waals surface area contributed by atoms with Gasteiger partial charge >= 0.3 is 11.9 Å². The average Bonchev–Trinajstić information content (AvgIpc) is 2.39. The van der Waals surface area contributed by atoms with Crippen LogP contribution in [0.1, 0.15) is 47.0 Å². The van der Waals surface area contributed by atoms with Gasteiger partial charge in [-0.25, -0.2) is 9.59 Å². The average molecular weight is 305 g/mol. The molecule has 2 N–H and O–H groups in total. The predicted octanol–water partition coefficient (Wildman–Crippen LogP) is 4.61. The van der Waals surface area contributed by atoms with Gasteiger partial charge in [0.2, 0.25) is 0 Å². The van der Waals surface area contributed by atoms with Gasteiger partial charge in [-0.05, 0) is 32.7 Å². The standard InChI is InChI=1S/C8H14O2.C5H8O2.C2H3Cl/c1-3-4-5-6-7(2)8(9)10;1-3-4(2)5(6)7;1-2-3/h6H,3-5H2,1-2H3,(H,9,10);3H,1-2H3,(H,6,7);2H,1H2. The van der Waals surface area contributed by atoms with Crippen molar-refractivity contribution in [2.75, 3.05) is 0 Å². The Hall–Kier alpha value is -1.55. The highest BCUT2D eigenvalue weighted by molar-refractivity contribution is 6.25. The van der Waals surface area contributed by atoms with Crippen molar-refractivity contribution in [1.82, 2.24) is 0 Å². The number of rotatable bonds is 5. The highest BCUT2D eigenvalue weighted by Crippen LogP contribution is 2.00. The van der Waals surface area contributed by atoms with E-state index in [2.05, 4.69) is 13.5 Å². The molecule has 0 bridgehead atoms. The normalized spacial score (nSPS) is 10.4. The van der Waals surface area contributed by atoms with Crippen LogP contribution in [-0.4, -0.2) is 22.2 Å². The highest BCUT2D eigenvalue weighted by atomic mass is 35.5. The second-order valence-corrected chi connectivity index (χ2v) is 4.07. The molecule has 20 heavy (non-hydrogen) atoms. The van der Waals surface area contributed by atoms with Gasteiger partial charge in [-0.1, -0.05) is 50.1 Å². The second kappa shape index (κ2) is 17.4. The van der Waals surface area contributed by atoms with Crippen LogP contribution in [0.4, 0.5) is 0 Å². The van der Waals surface area contributed by atoms with E-state index < -0.39 is 11.9 Å². The molecule has 0 rings (SSSR count). The summed E-state index contributed by atoms with van der Waals surface area (Å²) in [7, 11) is 0. The summed E-state index contributed by atoms with van der Waals surface area (Å²) in [6.07, 6.45) is 6.40. The number of allylic oxidation sites excluding steroid dienone is 2. The van der Waals surface area contributed by atoms with Gasteiger partial charge in [-0.2, -0.15) is 0 Å². The Kier molecular flexibility index (Phi) is 20.5. The van der Waals surface area contributed by atoms with Crippen LogP contribution < -0.4 is 0 Å². The smallest absolute Gasteiger partial charge is 0.330 e. The minimum absolute atomic E-state index is 0.389. The van der Waals surface area contributed by atoms with Crippen molar-refractivity contribution < 1.29 is 19.8 Å². The molecule has 0 aliphatic carbocycles. The molecule has 116 valence electrons. The maximum absolute atomic E-state index is 10.2. The summed E-state index contributed by atoms with van der Waals surface area (Å²) in [5, 5.41) is 16.5. The fourth-order valence-corrected chi connectivity index (χ4v) is 0.733. The third-order valence-electron chi connectivity index (χ3n) is 2.12. The summed E-state index contributed by atoms with van der Waals surface area (Å²) in [6.45, 7) is 10.1. The van der Waals surface area contributed by atoms with Gasteiger partial charge in [-0.15, -0.1) is 0 Å². The van der Waals surface area contributed by atoms with E-state index in [0.29, 0.717) is 11.1 Å². The number of hydrogen-bond donors (Lipinski definition) is 2. The van der Waals surface area contributed by atoms with Crippen molar-refractivity contribution in [1.29, 1.82) is 0 Å². The van der Waals surface area contributed by atoms with Crippen LogP contribution in [-0.2, 0) is 9.59 Å². The van der Waals surface area contributed by atoms with E-state index in [1.165, 1.54) is 5.54 Å². The Balaban J connectivity index is -0.000000251. The Labute approximate surface area is 126 Å². The molecule has 0 aromatic carbocycles. The number of unbranched alkanes of at least 4 members (excludes halogenated alkanes) is 2. The molecule has 5 heteroatoms. The third-order valence-corrected chi connectivity index (χ3v) is 2.12. The molecular weight excluding hydrogens is 280 g/mol. The number of carboxylic acid groups (broad SMARTS) is 2. The van der Waals surface area contributed by atoms with Crippen LogP contribution in [0, 0.1) is 0 Å². The van der Waals surface area contributed by atoms with E-state index in [1.807, 2.05) is 0 Å². The maximum Gasteiger partial charge on any atom is 0.330 e. The Morgan fingerprint density at radius 1 is 1.15 bits per heavy atom. The molecule has 0 atom stereocenters. The molecule has 0 aromatic heterocycles. The minimum atomic E-state index is -0.845. The first-order chi connectivity index (χ1) is 9.28. The van der Waals surface area contributed by atoms with Crippen molar-refractivity contribution in [3.63, 3.8) is 0 Å². The van der Waals surface area contributed by atoms with Crippen LogP contribution in [0.25, 0.3) is 0 Å². The van der Waals surface area contributed by atoms with E-state index in [4.69, 9.17) is 21.8 Å². The van der Waals surface area contributed by atoms with E-state index in [1.54, 1.807) is 32.9 Å². The third kappa shape index (κ3) is 21.7. The first-order valence-electron chi connectivity index (χ1n) is 6.25. The van der Waals surface area contributed by atoms with E-state index in [0.717, 1.165) is 19.3 Å². The van der Waals surface area contributed by atoms with Gasteiger partial charge in [0.1, 0.15) is 0 Å². The van der Waals surface area contributed by atoms with Gasteiger partial charge in [0.25, 0.3) is 0 Å². The molecule has 0 aliphatic rings. The summed E-state index contributed by atoms with van der Waals surface area (Å²) < 4.78 is 0. The molecule has 0 heterocycles. The molecule has 4 nitrogen and oxygen atoms in total. The van der Waals surface area contributed by atoms with Crippen LogP contribution >= 0.6 is 11.6 Å². The first-order valence-corrected chi connectivity index (χ1v) is 6.69. The lowest BCUT2D eigenvalue weighted by atomic mass is 10.2. The number of carbonyl (C=O) groups is 2. The second-order valence-electron chi connectivity index (χ2n) is 3.77. The van der Waals surface area contributed by atoms with Crippen molar-refractivity contribution >= 4 is 23.5 Å². The Morgan fingerprint density at radius 2 is 1.55 bits per heavy atom. The van der Waals surface area contributed by atoms with Gasteiger partial charge in [0.05, 0.1) is 0 Å². The molecule has 0 unspecified atom stereocenters. The topological polar surface area (TPSA) is 74.6 Å². The molecule has 0 saturated carbocycles. The molecule has 0 saturated heterocycles. The first kappa shape index (κ1) is 23.5. The number of hydrogen-bond acceptors (Lipinski definition) is 2. The zero-order chi connectivity index (χ0) is 16.6. The van der Waals surface area contributed by atoms with E-state index >= 15 is 0 Å². The molecule has 0 fully saturated rings. The van der Waals surface area contributed by atoms with E-state index in [-0.39, 0.29) is 0 Å². The van der Waals surface area contributed by atoms with Crippen molar-refractivity contribution in [3.8, 4) is 0 Å². The van der Waals surface area contributed by atoms with Crippen molar-refractivity contribution in [2.24, 2.45) is 0 Å². The van der Waals surface area contributed by atoms with Crippen LogP contribution in [0.2, 0.25) is 0 Å². The Bertz CT molecular complexity index is 344.